The minimum atomic E-state index is 0.0572. The van der Waals surface area contributed by atoms with Gasteiger partial charge in [-0.25, -0.2) is 4.98 Å². The van der Waals surface area contributed by atoms with Crippen LogP contribution in [0.15, 0.2) is 43.0 Å². The number of nitrogens with zero attached hydrogens (tertiary/aromatic N) is 2. The summed E-state index contributed by atoms with van der Waals surface area (Å²) in [5, 5.41) is 2.94. The molecule has 0 saturated heterocycles. The van der Waals surface area contributed by atoms with Crippen LogP contribution in [0.2, 0.25) is 0 Å². The number of imidazole rings is 1. The predicted molar refractivity (Wildman–Crippen MR) is 74.6 cm³/mol. The molecule has 4 heteroatoms. The summed E-state index contributed by atoms with van der Waals surface area (Å²) in [6, 6.07) is 8.30. The lowest BCUT2D eigenvalue weighted by molar-refractivity contribution is -0.121. The molecular formula is C15H19N3O. The number of hydrogen-bond donors (Lipinski definition) is 1. The first-order valence-electron chi connectivity index (χ1n) is 6.45. The van der Waals surface area contributed by atoms with Gasteiger partial charge in [0.25, 0.3) is 0 Å². The van der Waals surface area contributed by atoms with Gasteiger partial charge in [-0.3, -0.25) is 4.79 Å². The quantitative estimate of drug-likeness (QED) is 0.894. The van der Waals surface area contributed by atoms with Crippen LogP contribution in [-0.2, 0) is 11.3 Å². The van der Waals surface area contributed by atoms with Gasteiger partial charge in [-0.2, -0.15) is 0 Å². The normalized spacial score (nSPS) is 12.1. The van der Waals surface area contributed by atoms with Crippen LogP contribution in [0, 0.1) is 6.92 Å². The highest BCUT2D eigenvalue weighted by Gasteiger charge is 2.09. The zero-order valence-corrected chi connectivity index (χ0v) is 11.3. The summed E-state index contributed by atoms with van der Waals surface area (Å²) in [6.07, 6.45) is 5.79. The van der Waals surface area contributed by atoms with E-state index in [4.69, 9.17) is 0 Å². The average molecular weight is 257 g/mol. The Labute approximate surface area is 113 Å². The number of aromatic nitrogens is 2. The van der Waals surface area contributed by atoms with E-state index in [0.29, 0.717) is 13.0 Å². The lowest BCUT2D eigenvalue weighted by Gasteiger charge is -2.13. The summed E-state index contributed by atoms with van der Waals surface area (Å²) >= 11 is 0. The van der Waals surface area contributed by atoms with Crippen LogP contribution in [0.25, 0.3) is 0 Å². The molecule has 0 unspecified atom stereocenters. The minimum absolute atomic E-state index is 0.0572. The molecule has 1 atom stereocenters. The van der Waals surface area contributed by atoms with Crippen molar-refractivity contribution < 1.29 is 4.79 Å². The Balaban J connectivity index is 1.80. The Bertz CT molecular complexity index is 517. The topological polar surface area (TPSA) is 46.9 Å². The molecule has 1 N–H and O–H groups in total. The summed E-state index contributed by atoms with van der Waals surface area (Å²) < 4.78 is 1.94. The van der Waals surface area contributed by atoms with E-state index >= 15 is 0 Å². The molecule has 2 aromatic rings. The number of amides is 1. The molecule has 1 aromatic carbocycles. The van der Waals surface area contributed by atoms with Crippen molar-refractivity contribution in [3.63, 3.8) is 0 Å². The highest BCUT2D eigenvalue weighted by molar-refractivity contribution is 5.76. The molecule has 0 aliphatic carbocycles. The molecule has 0 radical (unpaired) electrons. The number of carbonyl (C=O) groups is 1. The minimum Gasteiger partial charge on any atom is -0.352 e. The number of benzene rings is 1. The molecule has 0 bridgehead atoms. The highest BCUT2D eigenvalue weighted by Crippen LogP contribution is 2.09. The van der Waals surface area contributed by atoms with Crippen molar-refractivity contribution in [1.82, 2.24) is 14.9 Å². The van der Waals surface area contributed by atoms with Crippen molar-refractivity contribution in [3.05, 3.63) is 54.1 Å². The van der Waals surface area contributed by atoms with E-state index in [-0.39, 0.29) is 11.9 Å². The van der Waals surface area contributed by atoms with E-state index in [2.05, 4.69) is 29.4 Å². The van der Waals surface area contributed by atoms with Gasteiger partial charge in [-0.1, -0.05) is 29.8 Å². The van der Waals surface area contributed by atoms with Crippen LogP contribution in [0.4, 0.5) is 0 Å². The molecule has 1 heterocycles. The summed E-state index contributed by atoms with van der Waals surface area (Å²) in [7, 11) is 0. The van der Waals surface area contributed by atoms with E-state index in [9.17, 15) is 4.79 Å². The van der Waals surface area contributed by atoms with E-state index < -0.39 is 0 Å². The smallest absolute Gasteiger partial charge is 0.222 e. The number of hydrogen-bond acceptors (Lipinski definition) is 2. The van der Waals surface area contributed by atoms with Crippen LogP contribution < -0.4 is 5.32 Å². The van der Waals surface area contributed by atoms with Crippen molar-refractivity contribution >= 4 is 5.91 Å². The van der Waals surface area contributed by atoms with Gasteiger partial charge in [-0.05, 0) is 19.4 Å². The van der Waals surface area contributed by atoms with E-state index in [1.54, 1.807) is 12.5 Å². The van der Waals surface area contributed by atoms with Gasteiger partial charge in [0, 0.05) is 31.4 Å². The molecule has 0 saturated carbocycles. The fourth-order valence-corrected chi connectivity index (χ4v) is 1.88. The number of rotatable bonds is 5. The number of aryl methyl sites for hydroxylation is 1. The molecular weight excluding hydrogens is 238 g/mol. The van der Waals surface area contributed by atoms with Crippen LogP contribution in [0.1, 0.15) is 30.5 Å². The molecule has 1 amide bonds. The maximum Gasteiger partial charge on any atom is 0.222 e. The molecule has 0 fully saturated rings. The van der Waals surface area contributed by atoms with Crippen LogP contribution in [-0.4, -0.2) is 15.5 Å². The van der Waals surface area contributed by atoms with E-state index in [1.165, 1.54) is 5.56 Å². The molecule has 1 aromatic heterocycles. The zero-order valence-electron chi connectivity index (χ0n) is 11.3. The van der Waals surface area contributed by atoms with Crippen LogP contribution in [0.3, 0.4) is 0 Å². The Morgan fingerprint density at radius 3 is 2.74 bits per heavy atom. The zero-order chi connectivity index (χ0) is 13.7. The second-order valence-corrected chi connectivity index (χ2v) is 4.83. The predicted octanol–water partition coefficient (Wildman–Crippen LogP) is 2.46. The Morgan fingerprint density at radius 2 is 2.11 bits per heavy atom. The first kappa shape index (κ1) is 13.3. The van der Waals surface area contributed by atoms with Gasteiger partial charge in [0.05, 0.1) is 6.33 Å². The maximum atomic E-state index is 11.8. The summed E-state index contributed by atoms with van der Waals surface area (Å²) in [6.45, 7) is 4.64. The lowest BCUT2D eigenvalue weighted by atomic mass is 10.1. The standard InChI is InChI=1S/C15H19N3O/c1-12-3-5-14(6-4-12)10-17-15(19)9-13(2)18-8-7-16-11-18/h3-8,11,13H,9-10H2,1-2H3,(H,17,19)/t13-/m1/s1. The number of nitrogens with one attached hydrogen (secondary N) is 1. The fraction of sp³-hybridized carbons (Fsp3) is 0.333. The van der Waals surface area contributed by atoms with Gasteiger partial charge >= 0.3 is 0 Å². The fourth-order valence-electron chi connectivity index (χ4n) is 1.88. The van der Waals surface area contributed by atoms with Crippen molar-refractivity contribution in [2.75, 3.05) is 0 Å². The van der Waals surface area contributed by atoms with Crippen LogP contribution >= 0.6 is 0 Å². The Morgan fingerprint density at radius 1 is 1.37 bits per heavy atom. The molecule has 0 spiro atoms. The SMILES string of the molecule is Cc1ccc(CNC(=O)C[C@@H](C)n2ccnc2)cc1. The second-order valence-electron chi connectivity index (χ2n) is 4.83. The van der Waals surface area contributed by atoms with Gasteiger partial charge in [-0.15, -0.1) is 0 Å². The molecule has 2 rings (SSSR count). The van der Waals surface area contributed by atoms with Crippen LogP contribution in [0.5, 0.6) is 0 Å². The third-order valence-electron chi connectivity index (χ3n) is 3.12. The molecule has 4 nitrogen and oxygen atoms in total. The average Bonchev–Trinajstić information content (AvgIpc) is 2.92. The second kappa shape index (κ2) is 6.18. The van der Waals surface area contributed by atoms with E-state index in [1.807, 2.05) is 29.8 Å². The molecule has 100 valence electrons. The largest absolute Gasteiger partial charge is 0.352 e. The first-order valence-corrected chi connectivity index (χ1v) is 6.45. The van der Waals surface area contributed by atoms with Gasteiger partial charge in [0.1, 0.15) is 0 Å². The summed E-state index contributed by atoms with van der Waals surface area (Å²) in [5.74, 6) is 0.0572. The lowest BCUT2D eigenvalue weighted by Crippen LogP contribution is -2.25. The number of carbonyl (C=O) groups excluding carboxylic acids is 1. The van der Waals surface area contributed by atoms with Crippen molar-refractivity contribution in [1.29, 1.82) is 0 Å². The first-order chi connectivity index (χ1) is 9.15. The molecule has 19 heavy (non-hydrogen) atoms. The maximum absolute atomic E-state index is 11.8. The third-order valence-corrected chi connectivity index (χ3v) is 3.12. The van der Waals surface area contributed by atoms with Gasteiger partial charge in [0.2, 0.25) is 5.91 Å². The van der Waals surface area contributed by atoms with Gasteiger partial charge in [0.15, 0.2) is 0 Å². The van der Waals surface area contributed by atoms with E-state index in [0.717, 1.165) is 5.56 Å². The van der Waals surface area contributed by atoms with Crippen molar-refractivity contribution in [2.24, 2.45) is 0 Å². The van der Waals surface area contributed by atoms with Gasteiger partial charge < -0.3 is 9.88 Å². The summed E-state index contributed by atoms with van der Waals surface area (Å²) in [4.78, 5) is 15.8. The molecule has 0 aliphatic rings. The van der Waals surface area contributed by atoms with Crippen molar-refractivity contribution in [3.8, 4) is 0 Å². The Kier molecular flexibility index (Phi) is 4.34. The monoisotopic (exact) mass is 257 g/mol. The van der Waals surface area contributed by atoms with Crippen molar-refractivity contribution in [2.45, 2.75) is 32.9 Å². The highest BCUT2D eigenvalue weighted by atomic mass is 16.1. The summed E-state index contributed by atoms with van der Waals surface area (Å²) in [5.41, 5.74) is 2.35. The Hall–Kier alpha value is -2.10. The molecule has 0 aliphatic heterocycles. The third kappa shape index (κ3) is 3.95.